The first kappa shape index (κ1) is 30.5. The molecule has 0 aliphatic carbocycles. The number of aromatic nitrogens is 1. The van der Waals surface area contributed by atoms with Crippen molar-refractivity contribution in [3.8, 4) is 11.1 Å². The number of aromatic amines is 1. The minimum absolute atomic E-state index is 0.0126. The predicted molar refractivity (Wildman–Crippen MR) is 169 cm³/mol. The van der Waals surface area contributed by atoms with Gasteiger partial charge in [-0.3, -0.25) is 14.5 Å². The third-order valence-corrected chi connectivity index (χ3v) is 8.90. The average molecular weight is 592 g/mol. The van der Waals surface area contributed by atoms with Gasteiger partial charge in [0.15, 0.2) is 11.2 Å². The number of nitrogens with one attached hydrogen (secondary N) is 1. The van der Waals surface area contributed by atoms with Crippen LogP contribution in [0.4, 0.5) is 5.69 Å². The van der Waals surface area contributed by atoms with E-state index in [9.17, 15) is 9.59 Å². The lowest BCUT2D eigenvalue weighted by molar-refractivity contribution is 0.0342. The molecule has 5 rings (SSSR count). The molecule has 224 valence electrons. The molecule has 2 aliphatic rings. The maximum atomic E-state index is 13.8. The molecule has 0 unspecified atom stereocenters. The highest BCUT2D eigenvalue weighted by molar-refractivity contribution is 6.30. The second kappa shape index (κ2) is 14.0. The fourth-order valence-corrected chi connectivity index (χ4v) is 6.52. The number of rotatable bonds is 10. The third kappa shape index (κ3) is 7.14. The number of benzene rings is 2. The van der Waals surface area contributed by atoms with Crippen LogP contribution in [-0.4, -0.2) is 67.8 Å². The lowest BCUT2D eigenvalue weighted by Gasteiger charge is -2.37. The topological polar surface area (TPSA) is 74.9 Å². The van der Waals surface area contributed by atoms with E-state index in [1.54, 1.807) is 6.92 Å². The summed E-state index contributed by atoms with van der Waals surface area (Å²) in [6.07, 6.45) is 2.43. The Hall–Kier alpha value is -2.97. The molecule has 1 aromatic heterocycles. The molecule has 8 heteroatoms. The van der Waals surface area contributed by atoms with Gasteiger partial charge in [0, 0.05) is 80.4 Å². The Morgan fingerprint density at radius 2 is 1.69 bits per heavy atom. The molecule has 0 bridgehead atoms. The molecular weight excluding hydrogens is 550 g/mol. The Morgan fingerprint density at radius 1 is 1.00 bits per heavy atom. The van der Waals surface area contributed by atoms with E-state index >= 15 is 0 Å². The molecule has 0 radical (unpaired) electrons. The number of ketones is 1. The smallest absolute Gasteiger partial charge is 0.186 e. The number of morpholine rings is 1. The highest BCUT2D eigenvalue weighted by atomic mass is 35.5. The fourth-order valence-electron chi connectivity index (χ4n) is 6.18. The number of carbonyl (C=O) groups excluding carboxylic acids is 1. The lowest BCUT2D eigenvalue weighted by atomic mass is 9.92. The molecule has 3 aromatic rings. The van der Waals surface area contributed by atoms with Gasteiger partial charge in [0.05, 0.1) is 13.2 Å². The third-order valence-electron chi connectivity index (χ3n) is 8.58. The van der Waals surface area contributed by atoms with Crippen molar-refractivity contribution in [3.63, 3.8) is 0 Å². The first-order chi connectivity index (χ1) is 20.3. The molecule has 2 aromatic carbocycles. The van der Waals surface area contributed by atoms with Crippen molar-refractivity contribution in [2.75, 3.05) is 51.0 Å². The number of H-pyrrole nitrogens is 1. The molecule has 0 amide bonds. The number of hydrogen-bond donors (Lipinski definition) is 1. The van der Waals surface area contributed by atoms with Crippen LogP contribution in [0, 0.1) is 13.8 Å². The summed E-state index contributed by atoms with van der Waals surface area (Å²) in [5.41, 5.74) is 7.16. The van der Waals surface area contributed by atoms with Gasteiger partial charge in [-0.1, -0.05) is 35.9 Å². The van der Waals surface area contributed by atoms with Crippen molar-refractivity contribution < 1.29 is 14.3 Å². The maximum absolute atomic E-state index is 13.8. The van der Waals surface area contributed by atoms with E-state index < -0.39 is 0 Å². The van der Waals surface area contributed by atoms with E-state index in [0.717, 1.165) is 87.8 Å². The molecule has 7 nitrogen and oxygen atoms in total. The second-order valence-electron chi connectivity index (χ2n) is 11.4. The average Bonchev–Trinajstić information content (AvgIpc) is 2.99. The number of halogens is 1. The van der Waals surface area contributed by atoms with Gasteiger partial charge in [-0.2, -0.15) is 0 Å². The van der Waals surface area contributed by atoms with Crippen LogP contribution in [0.3, 0.4) is 0 Å². The van der Waals surface area contributed by atoms with Gasteiger partial charge in [-0.25, -0.2) is 0 Å². The molecule has 0 atom stereocenters. The quantitative estimate of drug-likeness (QED) is 0.231. The van der Waals surface area contributed by atoms with Crippen LogP contribution < -0.4 is 10.3 Å². The van der Waals surface area contributed by atoms with Crippen LogP contribution in [0.5, 0.6) is 0 Å². The summed E-state index contributed by atoms with van der Waals surface area (Å²) >= 11 is 6.35. The fraction of sp³-hybridized carbons (Fsp3) is 0.471. The number of ether oxygens (including phenoxy) is 2. The van der Waals surface area contributed by atoms with Gasteiger partial charge in [-0.15, -0.1) is 0 Å². The molecule has 3 heterocycles. The zero-order valence-corrected chi connectivity index (χ0v) is 25.8. The second-order valence-corrected chi connectivity index (χ2v) is 11.8. The predicted octanol–water partition coefficient (Wildman–Crippen LogP) is 5.97. The maximum Gasteiger partial charge on any atom is 0.186 e. The summed E-state index contributed by atoms with van der Waals surface area (Å²) in [5.74, 6) is 0.0126. The van der Waals surface area contributed by atoms with Crippen molar-refractivity contribution in [1.82, 2.24) is 9.88 Å². The highest BCUT2D eigenvalue weighted by Crippen LogP contribution is 2.34. The number of carbonyl (C=O) groups is 1. The van der Waals surface area contributed by atoms with Gasteiger partial charge < -0.3 is 19.4 Å². The van der Waals surface area contributed by atoms with Gasteiger partial charge in [0.1, 0.15) is 5.15 Å². The Bertz CT molecular complexity index is 1440. The summed E-state index contributed by atoms with van der Waals surface area (Å²) in [7, 11) is 0. The number of hydrogen-bond acceptors (Lipinski definition) is 6. The molecule has 0 spiro atoms. The summed E-state index contributed by atoms with van der Waals surface area (Å²) in [6.45, 7) is 12.7. The van der Waals surface area contributed by atoms with Gasteiger partial charge in [0.2, 0.25) is 0 Å². The number of anilines is 1. The summed E-state index contributed by atoms with van der Waals surface area (Å²) in [5, 5.41) is 0.313. The van der Waals surface area contributed by atoms with Crippen molar-refractivity contribution in [1.29, 1.82) is 0 Å². The standard InChI is InChI=1S/C34H42ClN3O4/c1-4-38(28-11-15-41-16-12-28)31-21-27(26-7-5-25(6-8-26)22-37-13-17-42-18-14-37)20-30(24(31)3)32(39)10-9-29-33(40)19-23(2)36-34(29)35/h5-8,19-21,28H,4,9-18,22H2,1-3H3,(H,36,40). The zero-order chi connectivity index (χ0) is 29.6. The summed E-state index contributed by atoms with van der Waals surface area (Å²) < 4.78 is 11.1. The Kier molecular flexibility index (Phi) is 10.2. The van der Waals surface area contributed by atoms with Crippen molar-refractivity contribution in [3.05, 3.63) is 85.8 Å². The first-order valence-corrected chi connectivity index (χ1v) is 15.5. The molecule has 2 saturated heterocycles. The lowest BCUT2D eigenvalue weighted by Crippen LogP contribution is -2.40. The highest BCUT2D eigenvalue weighted by Gasteiger charge is 2.25. The van der Waals surface area contributed by atoms with E-state index in [1.165, 1.54) is 11.6 Å². The minimum atomic E-state index is -0.135. The van der Waals surface area contributed by atoms with Crippen LogP contribution in [0.1, 0.15) is 58.9 Å². The molecule has 2 fully saturated rings. The molecule has 1 N–H and O–H groups in total. The van der Waals surface area contributed by atoms with Crippen LogP contribution in [-0.2, 0) is 22.4 Å². The van der Waals surface area contributed by atoms with Crippen molar-refractivity contribution in [2.24, 2.45) is 0 Å². The van der Waals surface area contributed by atoms with Gasteiger partial charge in [0.25, 0.3) is 0 Å². The van der Waals surface area contributed by atoms with Crippen molar-refractivity contribution in [2.45, 2.75) is 59.0 Å². The summed E-state index contributed by atoms with van der Waals surface area (Å²) in [6, 6.07) is 14.9. The number of nitrogens with zero attached hydrogens (tertiary/aromatic N) is 2. The summed E-state index contributed by atoms with van der Waals surface area (Å²) in [4.78, 5) is 34.3. The van der Waals surface area contributed by atoms with E-state index in [0.29, 0.717) is 34.4 Å². The van der Waals surface area contributed by atoms with Crippen molar-refractivity contribution >= 4 is 23.1 Å². The van der Waals surface area contributed by atoms with Crippen LogP contribution in [0.25, 0.3) is 11.1 Å². The normalized spacial score (nSPS) is 16.5. The Morgan fingerprint density at radius 3 is 2.36 bits per heavy atom. The monoisotopic (exact) mass is 591 g/mol. The van der Waals surface area contributed by atoms with E-state index in [2.05, 4.69) is 52.0 Å². The number of pyridine rings is 1. The Labute approximate surface area is 253 Å². The molecule has 42 heavy (non-hydrogen) atoms. The first-order valence-electron chi connectivity index (χ1n) is 15.1. The number of aryl methyl sites for hydroxylation is 1. The molecular formula is C34H42ClN3O4. The number of Topliss-reactive ketones (excluding diaryl/α,β-unsaturated/α-hetero) is 1. The van der Waals surface area contributed by atoms with Gasteiger partial charge >= 0.3 is 0 Å². The largest absolute Gasteiger partial charge is 0.381 e. The van der Waals surface area contributed by atoms with E-state index in [1.807, 2.05) is 13.0 Å². The van der Waals surface area contributed by atoms with E-state index in [-0.39, 0.29) is 17.6 Å². The Balaban J connectivity index is 1.46. The van der Waals surface area contributed by atoms with Crippen LogP contribution >= 0.6 is 11.6 Å². The zero-order valence-electron chi connectivity index (χ0n) is 25.0. The minimum Gasteiger partial charge on any atom is -0.381 e. The molecule has 0 saturated carbocycles. The van der Waals surface area contributed by atoms with Crippen LogP contribution in [0.15, 0.2) is 47.3 Å². The van der Waals surface area contributed by atoms with Crippen LogP contribution in [0.2, 0.25) is 5.15 Å². The molecule has 2 aliphatic heterocycles. The van der Waals surface area contributed by atoms with Gasteiger partial charge in [-0.05, 0) is 74.4 Å². The SMILES string of the molecule is CCN(c1cc(-c2ccc(CN3CCOCC3)cc2)cc(C(=O)CCc2c(Cl)[nH]c(C)cc2=O)c1C)C1CCOCC1. The van der Waals surface area contributed by atoms with E-state index in [4.69, 9.17) is 21.1 Å².